The van der Waals surface area contributed by atoms with E-state index in [2.05, 4.69) is 16.0 Å². The van der Waals surface area contributed by atoms with Crippen molar-refractivity contribution in [1.29, 1.82) is 5.26 Å². The number of hydrogen-bond donors (Lipinski definition) is 1. The Bertz CT molecular complexity index is 695. The third-order valence-corrected chi connectivity index (χ3v) is 5.51. The molecule has 2 aromatic heterocycles. The number of nitrogens with one attached hydrogen (secondary N) is 1. The van der Waals surface area contributed by atoms with Gasteiger partial charge >= 0.3 is 0 Å². The molecule has 1 fully saturated rings. The molecule has 0 saturated carbocycles. The van der Waals surface area contributed by atoms with Crippen LogP contribution in [0.1, 0.15) is 47.7 Å². The standard InChI is InChI=1S/C18H22N4OS/c1-14-13-24-18(21-14)15(10-19)11-20-12-16(17-6-5-9-23-17)22-7-3-2-4-8-22/h5-6,9,11,13,15-16H,2-4,7-8,12H2,1H3/p+1/t15-,16-/m1/s1. The van der Waals surface area contributed by atoms with Gasteiger partial charge in [0, 0.05) is 17.3 Å². The number of quaternary nitrogens is 1. The van der Waals surface area contributed by atoms with Gasteiger partial charge in [0.15, 0.2) is 11.8 Å². The quantitative estimate of drug-likeness (QED) is 0.820. The minimum atomic E-state index is -0.364. The normalized spacial score (nSPS) is 18.5. The Kier molecular flexibility index (Phi) is 5.78. The Balaban J connectivity index is 1.69. The van der Waals surface area contributed by atoms with E-state index in [0.29, 0.717) is 6.54 Å². The number of hydrogen-bond acceptors (Lipinski definition) is 5. The van der Waals surface area contributed by atoms with Gasteiger partial charge in [0.2, 0.25) is 0 Å². The second-order valence-electron chi connectivity index (χ2n) is 6.24. The molecule has 1 aliphatic rings. The van der Waals surface area contributed by atoms with Crippen LogP contribution in [0.5, 0.6) is 0 Å². The van der Waals surface area contributed by atoms with Crippen LogP contribution in [-0.2, 0) is 0 Å². The number of thiazole rings is 1. The first-order valence-corrected chi connectivity index (χ1v) is 9.35. The van der Waals surface area contributed by atoms with Crippen molar-refractivity contribution < 1.29 is 9.32 Å². The summed E-state index contributed by atoms with van der Waals surface area (Å²) >= 11 is 1.52. The molecule has 2 aromatic rings. The molecule has 6 heteroatoms. The number of furan rings is 1. The van der Waals surface area contributed by atoms with E-state index in [9.17, 15) is 5.26 Å². The molecule has 24 heavy (non-hydrogen) atoms. The first kappa shape index (κ1) is 16.9. The molecule has 2 atom stereocenters. The SMILES string of the molecule is Cc1csc([C@H](C#N)C=NC[C@H](c2ccco2)[NH+]2CCCCC2)n1. The highest BCUT2D eigenvalue weighted by molar-refractivity contribution is 7.09. The van der Waals surface area contributed by atoms with E-state index in [1.54, 1.807) is 12.5 Å². The van der Waals surface area contributed by atoms with E-state index in [-0.39, 0.29) is 12.0 Å². The molecule has 1 N–H and O–H groups in total. The number of rotatable bonds is 6. The number of aromatic nitrogens is 1. The summed E-state index contributed by atoms with van der Waals surface area (Å²) < 4.78 is 5.65. The predicted octanol–water partition coefficient (Wildman–Crippen LogP) is 2.53. The summed E-state index contributed by atoms with van der Waals surface area (Å²) in [5, 5.41) is 12.2. The Labute approximate surface area is 146 Å². The van der Waals surface area contributed by atoms with Crippen LogP contribution in [0.3, 0.4) is 0 Å². The fourth-order valence-electron chi connectivity index (χ4n) is 3.20. The Hall–Kier alpha value is -1.97. The zero-order valence-electron chi connectivity index (χ0n) is 13.9. The maximum absolute atomic E-state index is 9.39. The van der Waals surface area contributed by atoms with Gasteiger partial charge < -0.3 is 9.32 Å². The van der Waals surface area contributed by atoms with Gasteiger partial charge in [0.25, 0.3) is 0 Å². The zero-order chi connectivity index (χ0) is 16.8. The molecule has 126 valence electrons. The van der Waals surface area contributed by atoms with Crippen LogP contribution in [-0.4, -0.2) is 30.8 Å². The molecule has 1 aliphatic heterocycles. The lowest BCUT2D eigenvalue weighted by atomic mass is 10.1. The van der Waals surface area contributed by atoms with Crippen LogP contribution >= 0.6 is 11.3 Å². The topological polar surface area (TPSA) is 66.6 Å². The summed E-state index contributed by atoms with van der Waals surface area (Å²) in [6.45, 7) is 4.91. The van der Waals surface area contributed by atoms with Crippen molar-refractivity contribution in [3.8, 4) is 6.07 Å². The van der Waals surface area contributed by atoms with E-state index < -0.39 is 0 Å². The maximum Gasteiger partial charge on any atom is 0.166 e. The number of likely N-dealkylation sites (tertiary alicyclic amines) is 1. The van der Waals surface area contributed by atoms with Crippen LogP contribution < -0.4 is 4.90 Å². The summed E-state index contributed by atoms with van der Waals surface area (Å²) in [6, 6.07) is 6.49. The van der Waals surface area contributed by atoms with Gasteiger partial charge in [0.05, 0.1) is 32.0 Å². The third kappa shape index (κ3) is 4.11. The number of piperidine rings is 1. The second kappa shape index (κ2) is 8.22. The molecular formula is C18H23N4OS+. The van der Waals surface area contributed by atoms with Gasteiger partial charge in [-0.1, -0.05) is 0 Å². The van der Waals surface area contributed by atoms with Gasteiger partial charge in [0.1, 0.15) is 10.9 Å². The molecule has 0 amide bonds. The minimum Gasteiger partial charge on any atom is -0.463 e. The molecule has 0 bridgehead atoms. The highest BCUT2D eigenvalue weighted by atomic mass is 32.1. The number of aryl methyl sites for hydroxylation is 1. The van der Waals surface area contributed by atoms with Gasteiger partial charge in [-0.05, 0) is 38.3 Å². The predicted molar refractivity (Wildman–Crippen MR) is 94.6 cm³/mol. The molecule has 0 aromatic carbocycles. The van der Waals surface area contributed by atoms with Crippen LogP contribution in [0.4, 0.5) is 0 Å². The van der Waals surface area contributed by atoms with Crippen LogP contribution in [0.2, 0.25) is 0 Å². The monoisotopic (exact) mass is 343 g/mol. The first-order chi connectivity index (χ1) is 11.8. The molecule has 0 radical (unpaired) electrons. The summed E-state index contributed by atoms with van der Waals surface area (Å²) in [4.78, 5) is 10.5. The molecular weight excluding hydrogens is 320 g/mol. The second-order valence-corrected chi connectivity index (χ2v) is 7.12. The Morgan fingerprint density at radius 3 is 2.92 bits per heavy atom. The van der Waals surface area contributed by atoms with E-state index in [0.717, 1.165) is 29.6 Å². The number of nitriles is 1. The third-order valence-electron chi connectivity index (χ3n) is 4.46. The van der Waals surface area contributed by atoms with Crippen LogP contribution in [0.15, 0.2) is 33.2 Å². The van der Waals surface area contributed by atoms with Crippen molar-refractivity contribution in [2.24, 2.45) is 4.99 Å². The molecule has 1 saturated heterocycles. The molecule has 0 spiro atoms. The molecule has 5 nitrogen and oxygen atoms in total. The lowest BCUT2D eigenvalue weighted by molar-refractivity contribution is -0.935. The fraction of sp³-hybridized carbons (Fsp3) is 0.500. The Morgan fingerprint density at radius 2 is 2.29 bits per heavy atom. The van der Waals surface area contributed by atoms with Crippen molar-refractivity contribution in [3.05, 3.63) is 40.2 Å². The zero-order valence-corrected chi connectivity index (χ0v) is 14.8. The van der Waals surface area contributed by atoms with E-state index >= 15 is 0 Å². The number of aliphatic imine (C=N–C) groups is 1. The van der Waals surface area contributed by atoms with Crippen molar-refractivity contribution >= 4 is 17.6 Å². The first-order valence-electron chi connectivity index (χ1n) is 8.47. The van der Waals surface area contributed by atoms with Crippen molar-refractivity contribution in [2.75, 3.05) is 19.6 Å². The lowest BCUT2D eigenvalue weighted by Crippen LogP contribution is -3.13. The van der Waals surface area contributed by atoms with Gasteiger partial charge in [-0.3, -0.25) is 4.99 Å². The van der Waals surface area contributed by atoms with Crippen molar-refractivity contribution in [1.82, 2.24) is 4.98 Å². The number of nitrogens with zero attached hydrogens (tertiary/aromatic N) is 3. The smallest absolute Gasteiger partial charge is 0.166 e. The summed E-state index contributed by atoms with van der Waals surface area (Å²) in [6.07, 6.45) is 7.31. The summed E-state index contributed by atoms with van der Waals surface area (Å²) in [7, 11) is 0. The largest absolute Gasteiger partial charge is 0.463 e. The molecule has 0 unspecified atom stereocenters. The average Bonchev–Trinajstić information content (AvgIpc) is 3.28. The van der Waals surface area contributed by atoms with Crippen LogP contribution in [0, 0.1) is 18.3 Å². The van der Waals surface area contributed by atoms with Gasteiger partial charge in [-0.15, -0.1) is 11.3 Å². The molecule has 3 rings (SSSR count). The Morgan fingerprint density at radius 1 is 1.46 bits per heavy atom. The van der Waals surface area contributed by atoms with E-state index in [1.807, 2.05) is 24.4 Å². The van der Waals surface area contributed by atoms with Crippen molar-refractivity contribution in [3.63, 3.8) is 0 Å². The van der Waals surface area contributed by atoms with Gasteiger partial charge in [-0.2, -0.15) is 5.26 Å². The highest BCUT2D eigenvalue weighted by Gasteiger charge is 2.27. The van der Waals surface area contributed by atoms with Crippen molar-refractivity contribution in [2.45, 2.75) is 38.1 Å². The lowest BCUT2D eigenvalue weighted by Gasteiger charge is -2.29. The fourth-order valence-corrected chi connectivity index (χ4v) is 4.00. The minimum absolute atomic E-state index is 0.230. The maximum atomic E-state index is 9.39. The van der Waals surface area contributed by atoms with E-state index in [1.165, 1.54) is 35.5 Å². The van der Waals surface area contributed by atoms with E-state index in [4.69, 9.17) is 4.42 Å². The summed E-state index contributed by atoms with van der Waals surface area (Å²) in [5.74, 6) is 0.625. The van der Waals surface area contributed by atoms with Crippen LogP contribution in [0.25, 0.3) is 0 Å². The summed E-state index contributed by atoms with van der Waals surface area (Å²) in [5.41, 5.74) is 0.954. The molecule has 0 aliphatic carbocycles. The molecule has 3 heterocycles. The average molecular weight is 343 g/mol. The van der Waals surface area contributed by atoms with Gasteiger partial charge in [-0.25, -0.2) is 4.98 Å². The highest BCUT2D eigenvalue weighted by Crippen LogP contribution is 2.18.